The molecule has 1 saturated carbocycles. The van der Waals surface area contributed by atoms with Gasteiger partial charge in [0.25, 0.3) is 0 Å². The van der Waals surface area contributed by atoms with Crippen LogP contribution in [-0.2, 0) is 9.59 Å². The van der Waals surface area contributed by atoms with E-state index in [0.717, 1.165) is 27.8 Å². The average Bonchev–Trinajstić information content (AvgIpc) is 2.75. The number of aryl methyl sites for hydroxylation is 3. The lowest BCUT2D eigenvalue weighted by molar-refractivity contribution is -0.123. The van der Waals surface area contributed by atoms with Crippen LogP contribution in [0.4, 0.5) is 0 Å². The van der Waals surface area contributed by atoms with Gasteiger partial charge in [-0.1, -0.05) is 23.8 Å². The molecule has 1 atom stereocenters. The largest absolute Gasteiger partial charge is 0.298 e. The van der Waals surface area contributed by atoms with Gasteiger partial charge in [0, 0.05) is 24.4 Å². The summed E-state index contributed by atoms with van der Waals surface area (Å²) in [5.41, 5.74) is 5.47. The first-order valence-electron chi connectivity index (χ1n) is 7.72. The quantitative estimate of drug-likeness (QED) is 0.627. The lowest BCUT2D eigenvalue weighted by atomic mass is 9.87. The van der Waals surface area contributed by atoms with Gasteiger partial charge >= 0.3 is 0 Å². The molecule has 0 amide bonds. The highest BCUT2D eigenvalue weighted by atomic mass is 16.2. The minimum Gasteiger partial charge on any atom is -0.298 e. The number of pyridine rings is 1. The Labute approximate surface area is 136 Å². The van der Waals surface area contributed by atoms with Crippen molar-refractivity contribution in [1.29, 1.82) is 0 Å². The molecule has 1 aliphatic carbocycles. The number of nitrogens with zero attached hydrogens (tertiary/aromatic N) is 1. The summed E-state index contributed by atoms with van der Waals surface area (Å²) in [4.78, 5) is 29.3. The van der Waals surface area contributed by atoms with Gasteiger partial charge in [-0.15, -0.1) is 0 Å². The number of rotatable bonds is 2. The molecular weight excluding hydrogens is 286 g/mol. The van der Waals surface area contributed by atoms with E-state index in [9.17, 15) is 9.59 Å². The average molecular weight is 305 g/mol. The van der Waals surface area contributed by atoms with E-state index in [0.29, 0.717) is 5.57 Å². The Bertz CT molecular complexity index is 796. The fraction of sp³-hybridized carbons (Fsp3) is 0.250. The van der Waals surface area contributed by atoms with Crippen LogP contribution in [0.2, 0.25) is 0 Å². The predicted octanol–water partition coefficient (Wildman–Crippen LogP) is 3.72. The van der Waals surface area contributed by atoms with E-state index in [1.165, 1.54) is 0 Å². The summed E-state index contributed by atoms with van der Waals surface area (Å²) in [5, 5.41) is 0. The molecule has 1 fully saturated rings. The van der Waals surface area contributed by atoms with E-state index in [1.807, 2.05) is 45.0 Å². The highest BCUT2D eigenvalue weighted by molar-refractivity contribution is 6.24. The summed E-state index contributed by atoms with van der Waals surface area (Å²) in [6, 6.07) is 7.77. The van der Waals surface area contributed by atoms with Gasteiger partial charge in [-0.25, -0.2) is 0 Å². The Hall–Kier alpha value is -2.55. The van der Waals surface area contributed by atoms with Crippen molar-refractivity contribution < 1.29 is 9.59 Å². The maximum absolute atomic E-state index is 12.8. The van der Waals surface area contributed by atoms with Gasteiger partial charge in [0.1, 0.15) is 5.92 Å². The van der Waals surface area contributed by atoms with Crippen LogP contribution in [0.15, 0.2) is 42.2 Å². The summed E-state index contributed by atoms with van der Waals surface area (Å²) < 4.78 is 0. The number of carbonyl (C=O) groups excluding carboxylic acids is 2. The molecular formula is C20H19NO2. The highest BCUT2D eigenvalue weighted by Crippen LogP contribution is 2.36. The molecule has 1 unspecified atom stereocenters. The molecule has 0 bridgehead atoms. The van der Waals surface area contributed by atoms with Gasteiger partial charge < -0.3 is 0 Å². The second-order valence-electron chi connectivity index (χ2n) is 6.21. The molecule has 1 aromatic heterocycles. The van der Waals surface area contributed by atoms with Gasteiger partial charge in [-0.05, 0) is 55.2 Å². The van der Waals surface area contributed by atoms with Gasteiger partial charge in [0.15, 0.2) is 11.6 Å². The third-order valence-electron chi connectivity index (χ3n) is 4.32. The standard InChI is InChI=1S/C20H19NO2/c1-12-7-13(2)18(14(3)8-12)19-17(22)10-16(20(19)23)9-15-5-4-6-21-11-15/h4-9,11,19H,10H2,1-3H3. The van der Waals surface area contributed by atoms with Crippen molar-refractivity contribution in [1.82, 2.24) is 4.98 Å². The number of Topliss-reactive ketones (excluding diaryl/α,β-unsaturated/α-hetero) is 2. The smallest absolute Gasteiger partial charge is 0.174 e. The van der Waals surface area contributed by atoms with E-state index >= 15 is 0 Å². The zero-order valence-corrected chi connectivity index (χ0v) is 13.6. The molecule has 0 radical (unpaired) electrons. The van der Waals surface area contributed by atoms with Crippen LogP contribution in [0, 0.1) is 20.8 Å². The molecule has 3 nitrogen and oxygen atoms in total. The van der Waals surface area contributed by atoms with Crippen LogP contribution in [-0.4, -0.2) is 16.6 Å². The highest BCUT2D eigenvalue weighted by Gasteiger charge is 2.39. The van der Waals surface area contributed by atoms with Gasteiger partial charge in [0.05, 0.1) is 0 Å². The van der Waals surface area contributed by atoms with Crippen molar-refractivity contribution in [3.63, 3.8) is 0 Å². The number of ketones is 2. The lowest BCUT2D eigenvalue weighted by Crippen LogP contribution is -2.15. The van der Waals surface area contributed by atoms with Crippen LogP contribution >= 0.6 is 0 Å². The summed E-state index contributed by atoms with van der Waals surface area (Å²) >= 11 is 0. The summed E-state index contributed by atoms with van der Waals surface area (Å²) in [7, 11) is 0. The SMILES string of the molecule is Cc1cc(C)c(C2C(=O)CC(=Cc3cccnc3)C2=O)c(C)c1. The van der Waals surface area contributed by atoms with Crippen molar-refractivity contribution in [2.24, 2.45) is 0 Å². The number of hydrogen-bond acceptors (Lipinski definition) is 3. The van der Waals surface area contributed by atoms with Crippen LogP contribution in [0.5, 0.6) is 0 Å². The number of carbonyl (C=O) groups is 2. The third-order valence-corrected chi connectivity index (χ3v) is 4.32. The Kier molecular flexibility index (Phi) is 3.95. The fourth-order valence-corrected chi connectivity index (χ4v) is 3.43. The predicted molar refractivity (Wildman–Crippen MR) is 90.2 cm³/mol. The zero-order chi connectivity index (χ0) is 16.6. The van der Waals surface area contributed by atoms with Crippen LogP contribution < -0.4 is 0 Å². The second kappa shape index (κ2) is 5.92. The van der Waals surface area contributed by atoms with Crippen LogP contribution in [0.1, 0.15) is 40.2 Å². The fourth-order valence-electron chi connectivity index (χ4n) is 3.43. The third kappa shape index (κ3) is 2.87. The molecule has 1 heterocycles. The Balaban J connectivity index is 2.02. The van der Waals surface area contributed by atoms with Gasteiger partial charge in [0.2, 0.25) is 0 Å². The molecule has 1 aliphatic rings. The maximum atomic E-state index is 12.8. The number of hydrogen-bond donors (Lipinski definition) is 0. The summed E-state index contributed by atoms with van der Waals surface area (Å²) in [6.07, 6.45) is 5.36. The lowest BCUT2D eigenvalue weighted by Gasteiger charge is -2.15. The molecule has 3 heteroatoms. The first-order valence-corrected chi connectivity index (χ1v) is 7.72. The molecule has 0 aliphatic heterocycles. The van der Waals surface area contributed by atoms with Crippen LogP contribution in [0.3, 0.4) is 0 Å². The maximum Gasteiger partial charge on any atom is 0.174 e. The van der Waals surface area contributed by atoms with Crippen molar-refractivity contribution in [2.75, 3.05) is 0 Å². The zero-order valence-electron chi connectivity index (χ0n) is 13.6. The number of aromatic nitrogens is 1. The molecule has 116 valence electrons. The van der Waals surface area contributed by atoms with E-state index in [1.54, 1.807) is 18.5 Å². The molecule has 0 saturated heterocycles. The monoisotopic (exact) mass is 305 g/mol. The minimum absolute atomic E-state index is 0.0137. The Morgan fingerprint density at radius 1 is 1.13 bits per heavy atom. The van der Waals surface area contributed by atoms with Gasteiger partial charge in [-0.3, -0.25) is 14.6 Å². The normalized spacial score (nSPS) is 19.6. The second-order valence-corrected chi connectivity index (χ2v) is 6.21. The van der Waals surface area contributed by atoms with E-state index in [-0.39, 0.29) is 18.0 Å². The molecule has 0 N–H and O–H groups in total. The first kappa shape index (κ1) is 15.3. The van der Waals surface area contributed by atoms with Gasteiger partial charge in [-0.2, -0.15) is 0 Å². The Morgan fingerprint density at radius 3 is 2.43 bits per heavy atom. The Morgan fingerprint density at radius 2 is 1.83 bits per heavy atom. The first-order chi connectivity index (χ1) is 11.0. The molecule has 3 rings (SSSR count). The molecule has 23 heavy (non-hydrogen) atoms. The van der Waals surface area contributed by atoms with Crippen molar-refractivity contribution in [2.45, 2.75) is 33.1 Å². The van der Waals surface area contributed by atoms with Crippen molar-refractivity contribution in [3.05, 3.63) is 70.0 Å². The molecule has 2 aromatic rings. The van der Waals surface area contributed by atoms with E-state index in [2.05, 4.69) is 4.98 Å². The number of allylic oxidation sites excluding steroid dienone is 1. The topological polar surface area (TPSA) is 47.0 Å². The van der Waals surface area contributed by atoms with Crippen molar-refractivity contribution in [3.8, 4) is 0 Å². The summed E-state index contributed by atoms with van der Waals surface area (Å²) in [6.45, 7) is 5.97. The minimum atomic E-state index is -0.654. The van der Waals surface area contributed by atoms with E-state index < -0.39 is 5.92 Å². The van der Waals surface area contributed by atoms with Crippen LogP contribution in [0.25, 0.3) is 6.08 Å². The summed E-state index contributed by atoms with van der Waals surface area (Å²) in [5.74, 6) is -0.743. The van der Waals surface area contributed by atoms with Crippen molar-refractivity contribution >= 4 is 17.6 Å². The van der Waals surface area contributed by atoms with E-state index in [4.69, 9.17) is 0 Å². The molecule has 0 spiro atoms. The number of benzene rings is 1. The molecule has 1 aromatic carbocycles.